The maximum absolute atomic E-state index is 14.3. The summed E-state index contributed by atoms with van der Waals surface area (Å²) in [5.41, 5.74) is 10.4. The van der Waals surface area contributed by atoms with Gasteiger partial charge in [0.2, 0.25) is 0 Å². The topological polar surface area (TPSA) is 186 Å². The Labute approximate surface area is 371 Å². The fraction of sp³-hybridized carbons (Fsp3) is 0.245. The summed E-state index contributed by atoms with van der Waals surface area (Å²) in [6, 6.07) is 28.7. The van der Waals surface area contributed by atoms with Crippen molar-refractivity contribution in [3.63, 3.8) is 0 Å². The second-order valence-electron chi connectivity index (χ2n) is 14.9. The summed E-state index contributed by atoms with van der Waals surface area (Å²) >= 11 is 6.78. The molecule has 7 rings (SSSR count). The average molecular weight is 864 g/mol. The highest BCUT2D eigenvalue weighted by Gasteiger charge is 2.29. The Morgan fingerprint density at radius 3 is 2.02 bits per heavy atom. The van der Waals surface area contributed by atoms with E-state index in [4.69, 9.17) is 25.8 Å². The molecule has 0 unspecified atom stereocenters. The van der Waals surface area contributed by atoms with Gasteiger partial charge < -0.3 is 40.0 Å². The van der Waals surface area contributed by atoms with Gasteiger partial charge in [-0.2, -0.15) is 10.5 Å². The minimum Gasteiger partial charge on any atom is -0.488 e. The third-order valence-corrected chi connectivity index (χ3v) is 11.0. The van der Waals surface area contributed by atoms with Crippen molar-refractivity contribution in [2.45, 2.75) is 46.3 Å². The predicted octanol–water partition coefficient (Wildman–Crippen LogP) is 6.95. The lowest BCUT2D eigenvalue weighted by atomic mass is 9.92. The van der Waals surface area contributed by atoms with Crippen molar-refractivity contribution >= 4 is 23.2 Å². The van der Waals surface area contributed by atoms with Crippen molar-refractivity contribution in [2.75, 3.05) is 37.7 Å². The standard InChI is InChI=1S/C49H46ClN7O6/c1-32-39(31-63-48-20-47(40(18-44(48)50)28-54-12-15-59)62-30-36-17-34(22-52)24-56-26-36)4-2-5-41(32)42-6-3-7-45-43(42)10-13-57(45)49(60)37-8-9-38(27-53-11-14-58)46(19-37)61-29-35-16-33(21-51)23-55-25-35/h2-9,16-20,23-26,53-54,58-59H,10-15,27-31H2,1H3. The number of hydrogen-bond acceptors (Lipinski definition) is 12. The van der Waals surface area contributed by atoms with Crippen LogP contribution in [0.25, 0.3) is 11.1 Å². The highest BCUT2D eigenvalue weighted by atomic mass is 35.5. The minimum absolute atomic E-state index is 0.0129. The molecule has 0 saturated carbocycles. The molecule has 1 amide bonds. The fourth-order valence-electron chi connectivity index (χ4n) is 7.45. The van der Waals surface area contributed by atoms with Gasteiger partial charge in [-0.3, -0.25) is 14.8 Å². The van der Waals surface area contributed by atoms with Gasteiger partial charge in [0.1, 0.15) is 49.2 Å². The lowest BCUT2D eigenvalue weighted by Crippen LogP contribution is -2.29. The number of anilines is 1. The first-order chi connectivity index (χ1) is 30.8. The third-order valence-electron chi connectivity index (χ3n) is 10.7. The molecule has 0 fully saturated rings. The van der Waals surface area contributed by atoms with E-state index < -0.39 is 0 Å². The summed E-state index contributed by atoms with van der Waals surface area (Å²) in [6.07, 6.45) is 6.95. The van der Waals surface area contributed by atoms with E-state index in [1.165, 1.54) is 12.4 Å². The largest absolute Gasteiger partial charge is 0.488 e. The Morgan fingerprint density at radius 2 is 1.35 bits per heavy atom. The lowest BCUT2D eigenvalue weighted by Gasteiger charge is -2.20. The number of carbonyl (C=O) groups is 1. The van der Waals surface area contributed by atoms with E-state index in [-0.39, 0.29) is 38.9 Å². The van der Waals surface area contributed by atoms with Crippen LogP contribution in [-0.2, 0) is 39.3 Å². The molecule has 1 aliphatic rings. The Balaban J connectivity index is 1.09. The summed E-state index contributed by atoms with van der Waals surface area (Å²) in [5, 5.41) is 44.0. The van der Waals surface area contributed by atoms with Crippen LogP contribution in [0.3, 0.4) is 0 Å². The van der Waals surface area contributed by atoms with E-state index in [9.17, 15) is 25.5 Å². The van der Waals surface area contributed by atoms with Gasteiger partial charge in [-0.15, -0.1) is 0 Å². The molecular weight excluding hydrogens is 818 g/mol. The third kappa shape index (κ3) is 10.8. The van der Waals surface area contributed by atoms with E-state index in [2.05, 4.69) is 51.8 Å². The van der Waals surface area contributed by atoms with E-state index in [0.717, 1.165) is 55.8 Å². The van der Waals surface area contributed by atoms with Crippen molar-refractivity contribution in [2.24, 2.45) is 0 Å². The SMILES string of the molecule is Cc1c(COc2cc(OCc3cncc(C#N)c3)c(CNCCO)cc2Cl)cccc1-c1cccc2c1CCN2C(=O)c1ccc(CNCCO)c(OCc2cncc(C#N)c2)c1. The lowest BCUT2D eigenvalue weighted by molar-refractivity contribution is 0.0989. The van der Waals surface area contributed by atoms with Crippen LogP contribution in [0.15, 0.2) is 104 Å². The molecule has 320 valence electrons. The Kier molecular flexibility index (Phi) is 15.0. The molecule has 0 aliphatic carbocycles. The molecule has 0 saturated heterocycles. The van der Waals surface area contributed by atoms with Crippen LogP contribution >= 0.6 is 11.6 Å². The van der Waals surface area contributed by atoms with Crippen molar-refractivity contribution in [3.8, 4) is 40.5 Å². The molecule has 2 aromatic heterocycles. The van der Waals surface area contributed by atoms with Gasteiger partial charge in [0, 0.05) is 97.1 Å². The molecule has 63 heavy (non-hydrogen) atoms. The van der Waals surface area contributed by atoms with Gasteiger partial charge in [0.15, 0.2) is 0 Å². The van der Waals surface area contributed by atoms with Crippen LogP contribution < -0.4 is 29.7 Å². The van der Waals surface area contributed by atoms with Crippen molar-refractivity contribution in [1.29, 1.82) is 10.5 Å². The number of halogens is 1. The number of nitriles is 2. The molecule has 4 aromatic carbocycles. The Morgan fingerprint density at radius 1 is 0.730 bits per heavy atom. The zero-order chi connectivity index (χ0) is 44.1. The normalized spacial score (nSPS) is 11.7. The number of pyridine rings is 2. The number of hydrogen-bond donors (Lipinski definition) is 4. The number of aliphatic hydroxyl groups excluding tert-OH is 2. The van der Waals surface area contributed by atoms with Crippen LogP contribution in [0.4, 0.5) is 5.69 Å². The first-order valence-corrected chi connectivity index (χ1v) is 20.9. The second-order valence-corrected chi connectivity index (χ2v) is 15.3. The number of aliphatic hydroxyl groups is 2. The van der Waals surface area contributed by atoms with E-state index in [1.807, 2.05) is 35.2 Å². The number of amides is 1. The smallest absolute Gasteiger partial charge is 0.258 e. The van der Waals surface area contributed by atoms with Crippen LogP contribution in [0.1, 0.15) is 60.4 Å². The fourth-order valence-corrected chi connectivity index (χ4v) is 7.69. The zero-order valence-electron chi connectivity index (χ0n) is 34.7. The van der Waals surface area contributed by atoms with Gasteiger partial charge in [-0.25, -0.2) is 0 Å². The van der Waals surface area contributed by atoms with Gasteiger partial charge in [0.05, 0.1) is 29.4 Å². The second kappa shape index (κ2) is 21.3. The van der Waals surface area contributed by atoms with Crippen LogP contribution in [-0.4, -0.2) is 58.9 Å². The van der Waals surface area contributed by atoms with E-state index >= 15 is 0 Å². The highest BCUT2D eigenvalue weighted by Crippen LogP contribution is 2.40. The van der Waals surface area contributed by atoms with Crippen LogP contribution in [0, 0.1) is 29.6 Å². The van der Waals surface area contributed by atoms with E-state index in [1.54, 1.807) is 48.8 Å². The number of ether oxygens (including phenoxy) is 3. The number of nitrogens with zero attached hydrogens (tertiary/aromatic N) is 5. The van der Waals surface area contributed by atoms with Crippen molar-refractivity contribution in [1.82, 2.24) is 20.6 Å². The van der Waals surface area contributed by atoms with Crippen molar-refractivity contribution in [3.05, 3.63) is 164 Å². The van der Waals surface area contributed by atoms with Gasteiger partial charge in [-0.1, -0.05) is 48.0 Å². The zero-order valence-corrected chi connectivity index (χ0v) is 35.5. The summed E-state index contributed by atoms with van der Waals surface area (Å²) in [5.74, 6) is 1.35. The van der Waals surface area contributed by atoms with Crippen LogP contribution in [0.5, 0.6) is 17.2 Å². The summed E-state index contributed by atoms with van der Waals surface area (Å²) < 4.78 is 18.8. The quantitative estimate of drug-likeness (QED) is 0.0615. The molecule has 6 aromatic rings. The molecule has 0 radical (unpaired) electrons. The number of rotatable bonds is 19. The molecule has 4 N–H and O–H groups in total. The minimum atomic E-state index is -0.152. The highest BCUT2D eigenvalue weighted by molar-refractivity contribution is 6.32. The number of aromatic nitrogens is 2. The van der Waals surface area contributed by atoms with Gasteiger partial charge in [0.25, 0.3) is 5.91 Å². The first kappa shape index (κ1) is 44.2. The molecule has 14 heteroatoms. The molecular formula is C49H46ClN7O6. The van der Waals surface area contributed by atoms with E-state index in [0.29, 0.717) is 78.1 Å². The number of benzene rings is 4. The van der Waals surface area contributed by atoms with Gasteiger partial charge >= 0.3 is 0 Å². The first-order valence-electron chi connectivity index (χ1n) is 20.5. The predicted molar refractivity (Wildman–Crippen MR) is 238 cm³/mol. The molecule has 0 spiro atoms. The summed E-state index contributed by atoms with van der Waals surface area (Å²) in [4.78, 5) is 24.3. The molecule has 1 aliphatic heterocycles. The molecule has 3 heterocycles. The number of nitrogens with one attached hydrogen (secondary N) is 2. The Hall–Kier alpha value is -6.84. The van der Waals surface area contributed by atoms with Crippen LogP contribution in [0.2, 0.25) is 5.02 Å². The monoisotopic (exact) mass is 863 g/mol. The molecule has 0 atom stereocenters. The summed E-state index contributed by atoms with van der Waals surface area (Å²) in [6.45, 7) is 4.73. The van der Waals surface area contributed by atoms with Gasteiger partial charge in [-0.05, 0) is 77.6 Å². The Bertz CT molecular complexity index is 2680. The van der Waals surface area contributed by atoms with Crippen molar-refractivity contribution < 1.29 is 29.2 Å². The molecule has 0 bridgehead atoms. The number of fused-ring (bicyclic) bond motifs is 1. The maximum Gasteiger partial charge on any atom is 0.258 e. The molecule has 13 nitrogen and oxygen atoms in total. The average Bonchev–Trinajstić information content (AvgIpc) is 3.75. The summed E-state index contributed by atoms with van der Waals surface area (Å²) in [7, 11) is 0. The number of carbonyl (C=O) groups excluding carboxylic acids is 1. The maximum atomic E-state index is 14.3.